The minimum Gasteiger partial charge on any atom is -0.469 e. The fraction of sp³-hybridized carbons (Fsp3) is 0.300. The van der Waals surface area contributed by atoms with Gasteiger partial charge in [-0.25, -0.2) is 13.8 Å². The van der Waals surface area contributed by atoms with E-state index in [0.29, 0.717) is 6.07 Å². The Balaban J connectivity index is 3.49. The molecule has 1 aromatic rings. The number of hydrogen-bond donors (Lipinski definition) is 0. The van der Waals surface area contributed by atoms with E-state index in [9.17, 15) is 23.7 Å². The molecule has 0 amide bonds. The molecule has 0 saturated heterocycles. The third-order valence-corrected chi connectivity index (χ3v) is 2.17. The van der Waals surface area contributed by atoms with Gasteiger partial charge >= 0.3 is 5.97 Å². The lowest BCUT2D eigenvalue weighted by molar-refractivity contribution is -0.387. The molecular formula is C10H7F2N3O4. The van der Waals surface area contributed by atoms with E-state index in [1.165, 1.54) is 6.07 Å². The van der Waals surface area contributed by atoms with Gasteiger partial charge in [0.1, 0.15) is 23.0 Å². The van der Waals surface area contributed by atoms with Gasteiger partial charge in [-0.1, -0.05) is 0 Å². The van der Waals surface area contributed by atoms with Gasteiger partial charge in [-0.2, -0.15) is 5.26 Å². The lowest BCUT2D eigenvalue weighted by Crippen LogP contribution is -2.11. The Morgan fingerprint density at radius 3 is 2.74 bits per heavy atom. The van der Waals surface area contributed by atoms with Crippen molar-refractivity contribution >= 4 is 11.7 Å². The summed E-state index contributed by atoms with van der Waals surface area (Å²) in [6.07, 6.45) is -3.82. The summed E-state index contributed by atoms with van der Waals surface area (Å²) in [6, 6.07) is 2.13. The van der Waals surface area contributed by atoms with E-state index in [4.69, 9.17) is 5.26 Å². The van der Waals surface area contributed by atoms with E-state index in [2.05, 4.69) is 9.72 Å². The van der Waals surface area contributed by atoms with E-state index in [-0.39, 0.29) is 0 Å². The van der Waals surface area contributed by atoms with Gasteiger partial charge in [-0.15, -0.1) is 0 Å². The number of hydrogen-bond acceptors (Lipinski definition) is 6. The maximum Gasteiger partial charge on any atom is 0.311 e. The predicted octanol–water partition coefficient (Wildman–Crippen LogP) is 1.51. The van der Waals surface area contributed by atoms with Gasteiger partial charge in [0.2, 0.25) is 0 Å². The zero-order chi connectivity index (χ0) is 14.6. The number of alkyl halides is 2. The van der Waals surface area contributed by atoms with E-state index < -0.39 is 46.4 Å². The molecule has 100 valence electrons. The van der Waals surface area contributed by atoms with Crippen molar-refractivity contribution in [2.24, 2.45) is 0 Å². The molecule has 0 atom stereocenters. The minimum absolute atomic E-state index is 0.431. The molecule has 0 fully saturated rings. The molecule has 9 heteroatoms. The van der Waals surface area contributed by atoms with Crippen molar-refractivity contribution in [1.29, 1.82) is 5.26 Å². The minimum atomic E-state index is -3.16. The Kier molecular flexibility index (Phi) is 4.41. The van der Waals surface area contributed by atoms with Crippen LogP contribution in [0.5, 0.6) is 0 Å². The van der Waals surface area contributed by atoms with Crippen LogP contribution in [-0.2, 0) is 16.0 Å². The highest BCUT2D eigenvalue weighted by molar-refractivity contribution is 5.73. The highest BCUT2D eigenvalue weighted by Crippen LogP contribution is 2.32. The van der Waals surface area contributed by atoms with Gasteiger partial charge in [0, 0.05) is 0 Å². The summed E-state index contributed by atoms with van der Waals surface area (Å²) >= 11 is 0. The molecule has 0 unspecified atom stereocenters. The lowest BCUT2D eigenvalue weighted by Gasteiger charge is -2.06. The second-order valence-corrected chi connectivity index (χ2v) is 3.31. The summed E-state index contributed by atoms with van der Waals surface area (Å²) in [6.45, 7) is 0. The average molecular weight is 271 g/mol. The fourth-order valence-electron chi connectivity index (χ4n) is 1.38. The summed E-state index contributed by atoms with van der Waals surface area (Å²) in [7, 11) is 1.04. The smallest absolute Gasteiger partial charge is 0.311 e. The number of carbonyl (C=O) groups excluding carboxylic acids is 1. The molecule has 19 heavy (non-hydrogen) atoms. The summed E-state index contributed by atoms with van der Waals surface area (Å²) in [5.74, 6) is -0.883. The van der Waals surface area contributed by atoms with Gasteiger partial charge in [0.05, 0.1) is 18.5 Å². The Labute approximate surface area is 105 Å². The van der Waals surface area contributed by atoms with Crippen molar-refractivity contribution < 1.29 is 23.2 Å². The monoisotopic (exact) mass is 271 g/mol. The maximum atomic E-state index is 12.7. The Bertz CT molecular complexity index is 569. The first-order chi connectivity index (χ1) is 8.90. The topological polar surface area (TPSA) is 106 Å². The zero-order valence-electron chi connectivity index (χ0n) is 9.59. The number of nitrogens with zero attached hydrogens (tertiary/aromatic N) is 3. The lowest BCUT2D eigenvalue weighted by atomic mass is 10.1. The number of carbonyl (C=O) groups is 1. The van der Waals surface area contributed by atoms with Crippen LogP contribution in [0.4, 0.5) is 14.5 Å². The van der Waals surface area contributed by atoms with E-state index in [1.807, 2.05) is 0 Å². The first-order valence-electron chi connectivity index (χ1n) is 4.84. The first-order valence-corrected chi connectivity index (χ1v) is 4.84. The normalized spacial score (nSPS) is 10.1. The first kappa shape index (κ1) is 14.4. The molecule has 7 nitrogen and oxygen atoms in total. The van der Waals surface area contributed by atoms with Crippen LogP contribution in [0.2, 0.25) is 0 Å². The van der Waals surface area contributed by atoms with Crippen LogP contribution in [0.15, 0.2) is 6.07 Å². The molecule has 0 aliphatic rings. The number of pyridine rings is 1. The predicted molar refractivity (Wildman–Crippen MR) is 56.3 cm³/mol. The number of rotatable bonds is 4. The van der Waals surface area contributed by atoms with Gasteiger partial charge in [0.15, 0.2) is 0 Å². The summed E-state index contributed by atoms with van der Waals surface area (Å²) < 4.78 is 29.8. The van der Waals surface area contributed by atoms with Crippen LogP contribution in [0.3, 0.4) is 0 Å². The molecule has 0 aliphatic heterocycles. The third kappa shape index (κ3) is 3.19. The van der Waals surface area contributed by atoms with E-state index >= 15 is 0 Å². The Morgan fingerprint density at radius 1 is 1.68 bits per heavy atom. The van der Waals surface area contributed by atoms with Gasteiger partial charge in [-0.3, -0.25) is 14.9 Å². The fourth-order valence-corrected chi connectivity index (χ4v) is 1.38. The molecule has 0 N–H and O–H groups in total. The number of nitro groups is 1. The Morgan fingerprint density at radius 2 is 2.32 bits per heavy atom. The van der Waals surface area contributed by atoms with Crippen LogP contribution in [0.25, 0.3) is 0 Å². The molecule has 0 bridgehead atoms. The summed E-state index contributed by atoms with van der Waals surface area (Å²) in [5, 5.41) is 19.5. The number of methoxy groups -OCH3 is 1. The van der Waals surface area contributed by atoms with Crippen LogP contribution in [-0.4, -0.2) is 23.0 Å². The van der Waals surface area contributed by atoms with Gasteiger partial charge in [0.25, 0.3) is 12.1 Å². The van der Waals surface area contributed by atoms with Crippen LogP contribution in [0, 0.1) is 21.4 Å². The molecule has 1 rings (SSSR count). The largest absolute Gasteiger partial charge is 0.469 e. The molecule has 1 heterocycles. The Hall–Kier alpha value is -2.63. The van der Waals surface area contributed by atoms with Crippen molar-refractivity contribution in [3.63, 3.8) is 0 Å². The number of esters is 1. The summed E-state index contributed by atoms with van der Waals surface area (Å²) in [4.78, 5) is 24.3. The number of aromatic nitrogens is 1. The number of ether oxygens (including phenoxy) is 1. The molecule has 0 aliphatic carbocycles. The number of nitriles is 1. The van der Waals surface area contributed by atoms with Crippen LogP contribution in [0.1, 0.15) is 23.4 Å². The second-order valence-electron chi connectivity index (χ2n) is 3.31. The molecular weight excluding hydrogens is 264 g/mol. The van der Waals surface area contributed by atoms with Crippen molar-refractivity contribution in [2.45, 2.75) is 12.8 Å². The quantitative estimate of drug-likeness (QED) is 0.466. The number of halogens is 2. The van der Waals surface area contributed by atoms with Crippen molar-refractivity contribution in [3.8, 4) is 6.07 Å². The van der Waals surface area contributed by atoms with Crippen LogP contribution < -0.4 is 0 Å². The van der Waals surface area contributed by atoms with Crippen molar-refractivity contribution in [1.82, 2.24) is 4.98 Å². The van der Waals surface area contributed by atoms with Gasteiger partial charge < -0.3 is 4.74 Å². The molecule has 0 aromatic carbocycles. The molecule has 1 aromatic heterocycles. The standard InChI is InChI=1S/C10H7F2N3O4/c1-19-8(16)3-7-9(15(17)18)6(10(11)12)2-5(4-13)14-7/h2,10H,3H2,1H3. The SMILES string of the molecule is COC(=O)Cc1nc(C#N)cc(C(F)F)c1[N+](=O)[O-]. The average Bonchev–Trinajstić information content (AvgIpc) is 2.36. The van der Waals surface area contributed by atoms with E-state index in [0.717, 1.165) is 7.11 Å². The van der Waals surface area contributed by atoms with Crippen LogP contribution >= 0.6 is 0 Å². The van der Waals surface area contributed by atoms with Crippen molar-refractivity contribution in [3.05, 3.63) is 33.1 Å². The summed E-state index contributed by atoms with van der Waals surface area (Å²) in [5.41, 5.74) is -2.87. The highest BCUT2D eigenvalue weighted by atomic mass is 19.3. The van der Waals surface area contributed by atoms with Gasteiger partial charge in [-0.05, 0) is 6.07 Å². The maximum absolute atomic E-state index is 12.7. The zero-order valence-corrected chi connectivity index (χ0v) is 9.59. The highest BCUT2D eigenvalue weighted by Gasteiger charge is 2.29. The molecule has 0 spiro atoms. The van der Waals surface area contributed by atoms with E-state index in [1.54, 1.807) is 0 Å². The second kappa shape index (κ2) is 5.81. The van der Waals surface area contributed by atoms with Crippen molar-refractivity contribution in [2.75, 3.05) is 7.11 Å². The molecule has 0 saturated carbocycles. The third-order valence-electron chi connectivity index (χ3n) is 2.17. The molecule has 0 radical (unpaired) electrons.